The number of ether oxygens (including phenoxy) is 1. The topological polar surface area (TPSA) is 51.4 Å². The third-order valence-electron chi connectivity index (χ3n) is 3.53. The molecule has 2 unspecified atom stereocenters. The maximum atomic E-state index is 5.84. The van der Waals surface area contributed by atoms with Crippen LogP contribution in [0.15, 0.2) is 18.3 Å². The Balaban J connectivity index is 2.17. The highest BCUT2D eigenvalue weighted by Gasteiger charge is 2.26. The molecule has 0 amide bonds. The lowest BCUT2D eigenvalue weighted by molar-refractivity contribution is 0.0296. The minimum Gasteiger partial charge on any atom is -0.375 e. The van der Waals surface area contributed by atoms with Crippen molar-refractivity contribution in [2.75, 3.05) is 18.1 Å². The van der Waals surface area contributed by atoms with E-state index in [9.17, 15) is 0 Å². The second-order valence-electron chi connectivity index (χ2n) is 5.10. The van der Waals surface area contributed by atoms with Crippen LogP contribution < -0.4 is 10.6 Å². The first-order valence-corrected chi connectivity index (χ1v) is 6.71. The summed E-state index contributed by atoms with van der Waals surface area (Å²) in [5, 5.41) is 0. The number of hydrogen-bond acceptors (Lipinski definition) is 4. The van der Waals surface area contributed by atoms with E-state index in [0.29, 0.717) is 6.04 Å². The molecule has 2 N–H and O–H groups in total. The van der Waals surface area contributed by atoms with Gasteiger partial charge in [-0.15, -0.1) is 0 Å². The van der Waals surface area contributed by atoms with Crippen molar-refractivity contribution in [1.82, 2.24) is 4.98 Å². The van der Waals surface area contributed by atoms with Crippen molar-refractivity contribution in [2.45, 2.75) is 45.4 Å². The van der Waals surface area contributed by atoms with Gasteiger partial charge in [-0.25, -0.2) is 4.98 Å². The quantitative estimate of drug-likeness (QED) is 0.891. The van der Waals surface area contributed by atoms with Crippen LogP contribution in [0, 0.1) is 0 Å². The molecule has 18 heavy (non-hydrogen) atoms. The number of morpholine rings is 1. The van der Waals surface area contributed by atoms with Gasteiger partial charge in [-0.2, -0.15) is 0 Å². The highest BCUT2D eigenvalue weighted by Crippen LogP contribution is 2.22. The lowest BCUT2D eigenvalue weighted by atomic mass is 10.1. The molecule has 4 nitrogen and oxygen atoms in total. The van der Waals surface area contributed by atoms with Gasteiger partial charge in [0, 0.05) is 18.8 Å². The average Bonchev–Trinajstić information content (AvgIpc) is 2.39. The van der Waals surface area contributed by atoms with Crippen LogP contribution in [0.4, 0.5) is 5.82 Å². The van der Waals surface area contributed by atoms with Crippen LogP contribution in [-0.4, -0.2) is 30.3 Å². The van der Waals surface area contributed by atoms with Crippen molar-refractivity contribution in [3.05, 3.63) is 23.9 Å². The number of pyridine rings is 1. The van der Waals surface area contributed by atoms with Crippen molar-refractivity contribution in [2.24, 2.45) is 5.73 Å². The zero-order valence-corrected chi connectivity index (χ0v) is 11.5. The van der Waals surface area contributed by atoms with E-state index < -0.39 is 0 Å². The van der Waals surface area contributed by atoms with Gasteiger partial charge in [-0.05, 0) is 31.9 Å². The summed E-state index contributed by atoms with van der Waals surface area (Å²) in [6.45, 7) is 7.96. The maximum Gasteiger partial charge on any atom is 0.128 e. The van der Waals surface area contributed by atoms with Gasteiger partial charge >= 0.3 is 0 Å². The molecule has 100 valence electrons. The van der Waals surface area contributed by atoms with E-state index in [4.69, 9.17) is 10.5 Å². The highest BCUT2D eigenvalue weighted by molar-refractivity contribution is 5.41. The fourth-order valence-electron chi connectivity index (χ4n) is 2.30. The average molecular weight is 249 g/mol. The summed E-state index contributed by atoms with van der Waals surface area (Å²) in [6.07, 6.45) is 3.22. The number of aromatic nitrogens is 1. The number of nitrogens with zero attached hydrogens (tertiary/aromatic N) is 2. The van der Waals surface area contributed by atoms with E-state index in [1.54, 1.807) is 0 Å². The zero-order chi connectivity index (χ0) is 13.1. The van der Waals surface area contributed by atoms with Crippen molar-refractivity contribution in [3.63, 3.8) is 0 Å². The second kappa shape index (κ2) is 5.67. The van der Waals surface area contributed by atoms with Crippen molar-refractivity contribution in [3.8, 4) is 0 Å². The number of hydrogen-bond donors (Lipinski definition) is 1. The molecule has 1 fully saturated rings. The van der Waals surface area contributed by atoms with Gasteiger partial charge in [0.2, 0.25) is 0 Å². The predicted molar refractivity (Wildman–Crippen MR) is 73.7 cm³/mol. The van der Waals surface area contributed by atoms with E-state index in [1.807, 2.05) is 13.1 Å². The van der Waals surface area contributed by atoms with Gasteiger partial charge in [0.25, 0.3) is 0 Å². The largest absolute Gasteiger partial charge is 0.375 e. The monoisotopic (exact) mass is 249 g/mol. The van der Waals surface area contributed by atoms with Crippen LogP contribution in [0.25, 0.3) is 0 Å². The molecule has 3 atom stereocenters. The Morgan fingerprint density at radius 3 is 2.89 bits per heavy atom. The van der Waals surface area contributed by atoms with Crippen LogP contribution in [-0.2, 0) is 4.74 Å². The molecule has 1 aromatic rings. The Kier molecular flexibility index (Phi) is 4.19. The molecular formula is C14H23N3O. The summed E-state index contributed by atoms with van der Waals surface area (Å²) >= 11 is 0. The van der Waals surface area contributed by atoms with Gasteiger partial charge < -0.3 is 15.4 Å². The molecule has 1 saturated heterocycles. The first-order valence-electron chi connectivity index (χ1n) is 6.71. The van der Waals surface area contributed by atoms with E-state index in [-0.39, 0.29) is 12.1 Å². The highest BCUT2D eigenvalue weighted by atomic mass is 16.5. The summed E-state index contributed by atoms with van der Waals surface area (Å²) in [4.78, 5) is 6.89. The Hall–Kier alpha value is -1.13. The van der Waals surface area contributed by atoms with E-state index in [0.717, 1.165) is 31.0 Å². The number of rotatable bonds is 3. The Bertz CT molecular complexity index is 377. The summed E-state index contributed by atoms with van der Waals surface area (Å²) in [6, 6.07) is 4.60. The van der Waals surface area contributed by atoms with Crippen LogP contribution >= 0.6 is 0 Å². The molecule has 0 bridgehead atoms. The lowest BCUT2D eigenvalue weighted by Gasteiger charge is -2.39. The number of anilines is 1. The zero-order valence-electron chi connectivity index (χ0n) is 11.5. The van der Waals surface area contributed by atoms with Gasteiger partial charge in [0.15, 0.2) is 0 Å². The molecule has 0 aromatic carbocycles. The van der Waals surface area contributed by atoms with Crippen molar-refractivity contribution >= 4 is 5.82 Å². The SMILES string of the molecule is CCC1COC(C)CN1c1ccc([C@@H](C)N)cn1. The summed E-state index contributed by atoms with van der Waals surface area (Å²) in [5.74, 6) is 1.03. The molecular weight excluding hydrogens is 226 g/mol. The Morgan fingerprint density at radius 2 is 2.33 bits per heavy atom. The Labute approximate surface area is 109 Å². The summed E-state index contributed by atoms with van der Waals surface area (Å²) < 4.78 is 5.71. The number of nitrogens with two attached hydrogens (primary N) is 1. The molecule has 0 radical (unpaired) electrons. The van der Waals surface area contributed by atoms with Crippen molar-refractivity contribution in [1.29, 1.82) is 0 Å². The van der Waals surface area contributed by atoms with E-state index >= 15 is 0 Å². The fraction of sp³-hybridized carbons (Fsp3) is 0.643. The van der Waals surface area contributed by atoms with Crippen LogP contribution in [0.5, 0.6) is 0 Å². The molecule has 1 aromatic heterocycles. The normalized spacial score (nSPS) is 26.1. The summed E-state index contributed by atoms with van der Waals surface area (Å²) in [7, 11) is 0. The third-order valence-corrected chi connectivity index (χ3v) is 3.53. The molecule has 1 aliphatic rings. The van der Waals surface area contributed by atoms with Gasteiger partial charge in [0.1, 0.15) is 5.82 Å². The third kappa shape index (κ3) is 2.82. The van der Waals surface area contributed by atoms with Gasteiger partial charge in [0.05, 0.1) is 18.8 Å². The summed E-state index contributed by atoms with van der Waals surface area (Å²) in [5.41, 5.74) is 6.92. The van der Waals surface area contributed by atoms with Gasteiger partial charge in [-0.3, -0.25) is 0 Å². The standard InChI is InChI=1S/C14H23N3O/c1-4-13-9-18-10(2)8-17(13)14-6-5-12(7-16-14)11(3)15/h5-7,10-11,13H,4,8-9,15H2,1-3H3/t10?,11-,13?/m1/s1. The van der Waals surface area contributed by atoms with Crippen LogP contribution in [0.2, 0.25) is 0 Å². The second-order valence-corrected chi connectivity index (χ2v) is 5.10. The lowest BCUT2D eigenvalue weighted by Crippen LogP contribution is -2.49. The molecule has 0 aliphatic carbocycles. The van der Waals surface area contributed by atoms with Crippen LogP contribution in [0.1, 0.15) is 38.8 Å². The molecule has 2 heterocycles. The van der Waals surface area contributed by atoms with E-state index in [2.05, 4.69) is 35.9 Å². The fourth-order valence-corrected chi connectivity index (χ4v) is 2.30. The smallest absolute Gasteiger partial charge is 0.128 e. The molecule has 2 rings (SSSR count). The van der Waals surface area contributed by atoms with Gasteiger partial charge in [-0.1, -0.05) is 13.0 Å². The maximum absolute atomic E-state index is 5.84. The van der Waals surface area contributed by atoms with Crippen LogP contribution in [0.3, 0.4) is 0 Å². The molecule has 1 aliphatic heterocycles. The van der Waals surface area contributed by atoms with Crippen molar-refractivity contribution < 1.29 is 4.74 Å². The first-order chi connectivity index (χ1) is 8.61. The molecule has 0 spiro atoms. The molecule has 4 heteroatoms. The Morgan fingerprint density at radius 1 is 1.56 bits per heavy atom. The predicted octanol–water partition coefficient (Wildman–Crippen LogP) is 2.10. The molecule has 0 saturated carbocycles. The minimum absolute atomic E-state index is 0.0390. The first kappa shape index (κ1) is 13.3. The van der Waals surface area contributed by atoms with E-state index in [1.165, 1.54) is 0 Å². The minimum atomic E-state index is 0.0390.